The molecule has 0 aliphatic heterocycles. The summed E-state index contributed by atoms with van der Waals surface area (Å²) in [6.45, 7) is 3.96. The SMILES string of the molecule is Cc1nc2c3ccccc3nn2c(C)c1CCC(=O)Nc1nc(CC(N)=O)cs1. The summed E-state index contributed by atoms with van der Waals surface area (Å²) in [6.07, 6.45) is 0.900. The lowest BCUT2D eigenvalue weighted by Gasteiger charge is -2.11. The van der Waals surface area contributed by atoms with Crippen molar-refractivity contribution in [3.8, 4) is 0 Å². The fourth-order valence-corrected chi connectivity index (χ4v) is 4.11. The number of amides is 2. The predicted molar refractivity (Wildman–Crippen MR) is 112 cm³/mol. The number of anilines is 1. The molecule has 0 saturated carbocycles. The molecule has 0 atom stereocenters. The van der Waals surface area contributed by atoms with Crippen LogP contribution in [-0.4, -0.2) is 31.4 Å². The van der Waals surface area contributed by atoms with Gasteiger partial charge in [0.15, 0.2) is 10.8 Å². The summed E-state index contributed by atoms with van der Waals surface area (Å²) < 4.78 is 1.85. The van der Waals surface area contributed by atoms with Crippen molar-refractivity contribution in [3.05, 3.63) is 52.3 Å². The van der Waals surface area contributed by atoms with E-state index in [1.54, 1.807) is 5.38 Å². The summed E-state index contributed by atoms with van der Waals surface area (Å²) in [6, 6.07) is 7.90. The summed E-state index contributed by atoms with van der Waals surface area (Å²) in [4.78, 5) is 32.3. The summed E-state index contributed by atoms with van der Waals surface area (Å²) >= 11 is 1.27. The van der Waals surface area contributed by atoms with Gasteiger partial charge >= 0.3 is 0 Å². The number of aromatic nitrogens is 4. The Labute approximate surface area is 170 Å². The first-order valence-electron chi connectivity index (χ1n) is 9.18. The molecule has 3 N–H and O–H groups in total. The summed E-state index contributed by atoms with van der Waals surface area (Å²) in [5, 5.41) is 10.6. The van der Waals surface area contributed by atoms with Crippen LogP contribution in [-0.2, 0) is 22.4 Å². The Bertz CT molecular complexity index is 1240. The van der Waals surface area contributed by atoms with Gasteiger partial charge in [-0.05, 0) is 38.0 Å². The van der Waals surface area contributed by atoms with E-state index in [-0.39, 0.29) is 12.3 Å². The van der Waals surface area contributed by atoms with Crippen molar-refractivity contribution < 1.29 is 9.59 Å². The van der Waals surface area contributed by atoms with Crippen LogP contribution in [0.3, 0.4) is 0 Å². The molecular formula is C20H20N6O2S. The van der Waals surface area contributed by atoms with Gasteiger partial charge < -0.3 is 11.1 Å². The fourth-order valence-electron chi connectivity index (χ4n) is 3.38. The highest BCUT2D eigenvalue weighted by Crippen LogP contribution is 2.23. The van der Waals surface area contributed by atoms with Crippen molar-refractivity contribution >= 4 is 44.8 Å². The normalized spacial score (nSPS) is 11.2. The average Bonchev–Trinajstić information content (AvgIpc) is 3.25. The molecule has 0 aliphatic carbocycles. The minimum Gasteiger partial charge on any atom is -0.369 e. The zero-order valence-electron chi connectivity index (χ0n) is 16.1. The molecule has 8 nitrogen and oxygen atoms in total. The Balaban J connectivity index is 1.50. The maximum absolute atomic E-state index is 12.4. The Kier molecular flexibility index (Phi) is 4.98. The molecule has 0 saturated heterocycles. The molecule has 9 heteroatoms. The lowest BCUT2D eigenvalue weighted by molar-refractivity contribution is -0.117. The van der Waals surface area contributed by atoms with Gasteiger partial charge in [0.1, 0.15) is 0 Å². The molecule has 0 aliphatic rings. The Hall–Kier alpha value is -3.33. The van der Waals surface area contributed by atoms with Crippen LogP contribution in [0.2, 0.25) is 0 Å². The standard InChI is InChI=1S/C20H20N6O2S/c1-11-14(7-8-18(28)24-20-23-13(10-29-20)9-17(21)27)12(2)26-19(22-11)15-5-3-4-6-16(15)25-26/h3-6,10H,7-9H2,1-2H3,(H2,21,27)(H,23,24,28). The second-order valence-electron chi connectivity index (χ2n) is 6.85. The van der Waals surface area contributed by atoms with E-state index < -0.39 is 5.91 Å². The molecule has 3 heterocycles. The van der Waals surface area contributed by atoms with E-state index >= 15 is 0 Å². The number of fused-ring (bicyclic) bond motifs is 3. The van der Waals surface area contributed by atoms with Crippen molar-refractivity contribution in [2.24, 2.45) is 5.73 Å². The molecule has 2 amide bonds. The highest BCUT2D eigenvalue weighted by molar-refractivity contribution is 7.13. The third-order valence-corrected chi connectivity index (χ3v) is 5.58. The minimum absolute atomic E-state index is 0.0642. The van der Waals surface area contributed by atoms with Crippen molar-refractivity contribution in [1.82, 2.24) is 19.6 Å². The number of thiazole rings is 1. The number of carbonyl (C=O) groups excluding carboxylic acids is 2. The first-order chi connectivity index (χ1) is 13.9. The van der Waals surface area contributed by atoms with Crippen LogP contribution in [0.5, 0.6) is 0 Å². The van der Waals surface area contributed by atoms with Crippen LogP contribution >= 0.6 is 11.3 Å². The molecule has 0 fully saturated rings. The molecule has 0 spiro atoms. The Morgan fingerprint density at radius 2 is 2.00 bits per heavy atom. The third kappa shape index (κ3) is 3.81. The Morgan fingerprint density at radius 3 is 2.79 bits per heavy atom. The molecule has 0 unspecified atom stereocenters. The topological polar surface area (TPSA) is 115 Å². The van der Waals surface area contributed by atoms with Gasteiger partial charge in [-0.15, -0.1) is 11.3 Å². The molecular weight excluding hydrogens is 388 g/mol. The van der Waals surface area contributed by atoms with Gasteiger partial charge in [-0.2, -0.15) is 5.10 Å². The summed E-state index contributed by atoms with van der Waals surface area (Å²) in [7, 11) is 0. The van der Waals surface area contributed by atoms with Gasteiger partial charge in [0.2, 0.25) is 11.8 Å². The van der Waals surface area contributed by atoms with Gasteiger partial charge in [0.25, 0.3) is 0 Å². The molecule has 3 aromatic heterocycles. The van der Waals surface area contributed by atoms with Crippen LogP contribution in [0.1, 0.15) is 29.1 Å². The van der Waals surface area contributed by atoms with Gasteiger partial charge in [-0.25, -0.2) is 14.5 Å². The maximum Gasteiger partial charge on any atom is 0.226 e. The van der Waals surface area contributed by atoms with Crippen LogP contribution in [0, 0.1) is 13.8 Å². The second-order valence-corrected chi connectivity index (χ2v) is 7.71. The third-order valence-electron chi connectivity index (χ3n) is 4.77. The van der Waals surface area contributed by atoms with E-state index in [1.807, 2.05) is 42.6 Å². The van der Waals surface area contributed by atoms with Crippen molar-refractivity contribution in [3.63, 3.8) is 0 Å². The van der Waals surface area contributed by atoms with E-state index in [9.17, 15) is 9.59 Å². The minimum atomic E-state index is -0.451. The van der Waals surface area contributed by atoms with E-state index in [1.165, 1.54) is 11.3 Å². The number of carbonyl (C=O) groups is 2. The monoisotopic (exact) mass is 408 g/mol. The van der Waals surface area contributed by atoms with E-state index in [2.05, 4.69) is 15.4 Å². The number of nitrogens with two attached hydrogens (primary N) is 1. The zero-order valence-corrected chi connectivity index (χ0v) is 16.9. The lowest BCUT2D eigenvalue weighted by Crippen LogP contribution is -2.15. The van der Waals surface area contributed by atoms with E-state index in [4.69, 9.17) is 10.7 Å². The number of nitrogens with one attached hydrogen (secondary N) is 1. The second kappa shape index (κ2) is 7.59. The summed E-state index contributed by atoms with van der Waals surface area (Å²) in [5.41, 5.74) is 10.3. The highest BCUT2D eigenvalue weighted by Gasteiger charge is 2.15. The number of aryl methyl sites for hydroxylation is 2. The average molecular weight is 408 g/mol. The largest absolute Gasteiger partial charge is 0.369 e. The molecule has 4 rings (SSSR count). The van der Waals surface area contributed by atoms with Gasteiger partial charge in [-0.1, -0.05) is 12.1 Å². The quantitative estimate of drug-likeness (QED) is 0.509. The maximum atomic E-state index is 12.4. The van der Waals surface area contributed by atoms with E-state index in [0.717, 1.165) is 33.5 Å². The number of nitrogens with zero attached hydrogens (tertiary/aromatic N) is 4. The fraction of sp³-hybridized carbons (Fsp3) is 0.250. The number of rotatable bonds is 6. The van der Waals surface area contributed by atoms with E-state index in [0.29, 0.717) is 23.7 Å². The number of primary amides is 1. The molecule has 148 valence electrons. The lowest BCUT2D eigenvalue weighted by atomic mass is 10.1. The summed E-state index contributed by atoms with van der Waals surface area (Å²) in [5.74, 6) is -0.595. The van der Waals surface area contributed by atoms with Crippen molar-refractivity contribution in [1.29, 1.82) is 0 Å². The predicted octanol–water partition coefficient (Wildman–Crippen LogP) is 2.55. The molecule has 0 radical (unpaired) electrons. The Morgan fingerprint density at radius 1 is 1.21 bits per heavy atom. The number of benzene rings is 1. The van der Waals surface area contributed by atoms with Crippen molar-refractivity contribution in [2.75, 3.05) is 5.32 Å². The molecule has 4 aromatic rings. The van der Waals surface area contributed by atoms with Crippen molar-refractivity contribution in [2.45, 2.75) is 33.1 Å². The first-order valence-corrected chi connectivity index (χ1v) is 10.1. The number of hydrogen-bond donors (Lipinski definition) is 2. The van der Waals surface area contributed by atoms with Gasteiger partial charge in [0.05, 0.1) is 17.6 Å². The smallest absolute Gasteiger partial charge is 0.226 e. The highest BCUT2D eigenvalue weighted by atomic mass is 32.1. The van der Waals surface area contributed by atoms with Crippen LogP contribution in [0.25, 0.3) is 16.6 Å². The van der Waals surface area contributed by atoms with Crippen LogP contribution in [0.15, 0.2) is 29.6 Å². The number of hydrogen-bond acceptors (Lipinski definition) is 6. The van der Waals surface area contributed by atoms with Gasteiger partial charge in [-0.3, -0.25) is 9.59 Å². The molecule has 1 aromatic carbocycles. The molecule has 29 heavy (non-hydrogen) atoms. The zero-order chi connectivity index (χ0) is 20.5. The first kappa shape index (κ1) is 19.0. The van der Waals surface area contributed by atoms with Gasteiger partial charge in [0, 0.05) is 28.6 Å². The van der Waals surface area contributed by atoms with Crippen LogP contribution in [0.4, 0.5) is 5.13 Å². The van der Waals surface area contributed by atoms with Crippen LogP contribution < -0.4 is 11.1 Å². The molecule has 0 bridgehead atoms.